The van der Waals surface area contributed by atoms with E-state index in [0.717, 1.165) is 0 Å². The average Bonchev–Trinajstić information content (AvgIpc) is 2.45. The maximum atomic E-state index is 11.5. The summed E-state index contributed by atoms with van der Waals surface area (Å²) in [5.41, 5.74) is 0. The van der Waals surface area contributed by atoms with E-state index in [0.29, 0.717) is 13.0 Å². The molecular weight excluding hydrogens is 303 g/mol. The summed E-state index contributed by atoms with van der Waals surface area (Å²) in [5, 5.41) is 5.39. The van der Waals surface area contributed by atoms with Crippen LogP contribution in [0.1, 0.15) is 6.42 Å². The smallest absolute Gasteiger partial charge is 0.382 e. The third-order valence-corrected chi connectivity index (χ3v) is 3.37. The number of rotatable bonds is 13. The van der Waals surface area contributed by atoms with Crippen LogP contribution in [-0.2, 0) is 27.9 Å². The number of phosphoric acid groups is 1. The summed E-state index contributed by atoms with van der Waals surface area (Å²) >= 11 is 0. The Morgan fingerprint density at radius 1 is 1.24 bits per heavy atom. The summed E-state index contributed by atoms with van der Waals surface area (Å²) in [6.07, 6.45) is -0.128. The molecule has 0 saturated heterocycles. The largest absolute Gasteiger partial charge is 0.472 e. The van der Waals surface area contributed by atoms with Crippen LogP contribution in [0.3, 0.4) is 0 Å². The Morgan fingerprint density at radius 3 is 2.52 bits per heavy atom. The first kappa shape index (κ1) is 20.5. The molecule has 126 valence electrons. The maximum absolute atomic E-state index is 11.5. The summed E-state index contributed by atoms with van der Waals surface area (Å²) in [4.78, 5) is 20.7. The van der Waals surface area contributed by atoms with Crippen LogP contribution >= 0.6 is 7.82 Å². The Morgan fingerprint density at radius 2 is 1.95 bits per heavy atom. The number of amides is 1. The van der Waals surface area contributed by atoms with Gasteiger partial charge in [0, 0.05) is 33.7 Å². The van der Waals surface area contributed by atoms with Gasteiger partial charge < -0.3 is 25.0 Å². The molecule has 3 N–H and O–H groups in total. The third-order valence-electron chi connectivity index (χ3n) is 2.39. The Hall–Kier alpha value is -0.540. The minimum Gasteiger partial charge on any atom is -0.382 e. The Labute approximate surface area is 124 Å². The summed E-state index contributed by atoms with van der Waals surface area (Å²) in [6.45, 7) is 0.667. The molecule has 0 heterocycles. The van der Waals surface area contributed by atoms with Gasteiger partial charge in [-0.1, -0.05) is 0 Å². The second-order valence-electron chi connectivity index (χ2n) is 4.11. The molecule has 9 nitrogen and oxygen atoms in total. The highest BCUT2D eigenvalue weighted by Crippen LogP contribution is 2.42. The van der Waals surface area contributed by atoms with Crippen LogP contribution in [-0.4, -0.2) is 71.1 Å². The van der Waals surface area contributed by atoms with Crippen molar-refractivity contribution in [1.82, 2.24) is 10.6 Å². The molecule has 0 saturated carbocycles. The molecule has 2 atom stereocenters. The zero-order valence-corrected chi connectivity index (χ0v) is 13.6. The number of methoxy groups -OCH3 is 2. The van der Waals surface area contributed by atoms with Gasteiger partial charge >= 0.3 is 7.82 Å². The lowest BCUT2D eigenvalue weighted by molar-refractivity contribution is -0.121. The first-order chi connectivity index (χ1) is 9.95. The van der Waals surface area contributed by atoms with Crippen LogP contribution in [0, 0.1) is 0 Å². The molecule has 0 rings (SSSR count). The van der Waals surface area contributed by atoms with Gasteiger partial charge in [0.1, 0.15) is 6.10 Å². The van der Waals surface area contributed by atoms with E-state index in [2.05, 4.69) is 10.6 Å². The molecule has 0 radical (unpaired) electrons. The van der Waals surface area contributed by atoms with Crippen molar-refractivity contribution in [3.63, 3.8) is 0 Å². The van der Waals surface area contributed by atoms with Crippen LogP contribution in [0.15, 0.2) is 0 Å². The van der Waals surface area contributed by atoms with E-state index in [-0.39, 0.29) is 32.3 Å². The van der Waals surface area contributed by atoms with Crippen molar-refractivity contribution in [2.45, 2.75) is 12.5 Å². The molecular formula is C11H25N2O7P. The lowest BCUT2D eigenvalue weighted by Crippen LogP contribution is -2.29. The molecule has 0 aliphatic rings. The molecule has 21 heavy (non-hydrogen) atoms. The molecule has 10 heteroatoms. The first-order valence-corrected chi connectivity index (χ1v) is 7.99. The van der Waals surface area contributed by atoms with Crippen LogP contribution in [0.25, 0.3) is 0 Å². The van der Waals surface area contributed by atoms with E-state index in [1.54, 1.807) is 7.05 Å². The van der Waals surface area contributed by atoms with Gasteiger partial charge in [0.05, 0.1) is 19.8 Å². The normalized spacial score (nSPS) is 15.4. The van der Waals surface area contributed by atoms with Gasteiger partial charge in [-0.2, -0.15) is 0 Å². The highest BCUT2D eigenvalue weighted by Gasteiger charge is 2.23. The topological polar surface area (TPSA) is 115 Å². The Balaban J connectivity index is 3.81. The number of carbonyl (C=O) groups is 1. The number of carbonyl (C=O) groups excluding carboxylic acids is 1. The number of hydrogen-bond acceptors (Lipinski definition) is 7. The second-order valence-corrected chi connectivity index (χ2v) is 5.57. The number of hydrogen-bond donors (Lipinski definition) is 3. The van der Waals surface area contributed by atoms with Crippen LogP contribution in [0.2, 0.25) is 0 Å². The molecule has 0 aromatic heterocycles. The Bertz CT molecular complexity index is 330. The van der Waals surface area contributed by atoms with E-state index in [1.807, 2.05) is 0 Å². The molecule has 1 amide bonds. The lowest BCUT2D eigenvalue weighted by Gasteiger charge is -2.17. The van der Waals surface area contributed by atoms with Crippen LogP contribution in [0.5, 0.6) is 0 Å². The maximum Gasteiger partial charge on any atom is 0.472 e. The standard InChI is InChI=1S/C11H25N2O7P/c1-12-5-4-11(14)13-6-7-19-21(15,16)20-9-10(18-3)8-17-2/h10,12H,4-9H2,1-3H3,(H,13,14)(H,15,16). The van der Waals surface area contributed by atoms with E-state index in [9.17, 15) is 14.3 Å². The Kier molecular flexibility index (Phi) is 11.7. The lowest BCUT2D eigenvalue weighted by atomic mass is 10.4. The van der Waals surface area contributed by atoms with Crippen LogP contribution < -0.4 is 10.6 Å². The monoisotopic (exact) mass is 328 g/mol. The van der Waals surface area contributed by atoms with Crippen molar-refractivity contribution in [3.05, 3.63) is 0 Å². The predicted octanol–water partition coefficient (Wildman–Crippen LogP) is -0.493. The van der Waals surface area contributed by atoms with Crippen molar-refractivity contribution in [2.75, 3.05) is 54.2 Å². The number of ether oxygens (including phenoxy) is 2. The fourth-order valence-corrected chi connectivity index (χ4v) is 2.01. The fourth-order valence-electron chi connectivity index (χ4n) is 1.26. The summed E-state index contributed by atoms with van der Waals surface area (Å²) in [5.74, 6) is -0.166. The zero-order valence-electron chi connectivity index (χ0n) is 12.7. The zero-order chi connectivity index (χ0) is 16.1. The quantitative estimate of drug-likeness (QED) is 0.306. The summed E-state index contributed by atoms with van der Waals surface area (Å²) in [7, 11) is 0.504. The predicted molar refractivity (Wildman–Crippen MR) is 76.0 cm³/mol. The van der Waals surface area contributed by atoms with Crippen molar-refractivity contribution in [2.24, 2.45) is 0 Å². The number of nitrogens with one attached hydrogen (secondary N) is 2. The van der Waals surface area contributed by atoms with E-state index >= 15 is 0 Å². The van der Waals surface area contributed by atoms with Crippen LogP contribution in [0.4, 0.5) is 0 Å². The molecule has 0 bridgehead atoms. The van der Waals surface area contributed by atoms with E-state index < -0.39 is 13.9 Å². The molecule has 0 fully saturated rings. The average molecular weight is 328 g/mol. The first-order valence-electron chi connectivity index (χ1n) is 6.50. The van der Waals surface area contributed by atoms with Gasteiger partial charge in [-0.25, -0.2) is 4.57 Å². The van der Waals surface area contributed by atoms with Crippen molar-refractivity contribution >= 4 is 13.7 Å². The fraction of sp³-hybridized carbons (Fsp3) is 0.909. The van der Waals surface area contributed by atoms with Crippen molar-refractivity contribution in [3.8, 4) is 0 Å². The molecule has 0 aromatic rings. The van der Waals surface area contributed by atoms with Crippen molar-refractivity contribution < 1.29 is 32.8 Å². The van der Waals surface area contributed by atoms with Gasteiger partial charge in [0.25, 0.3) is 0 Å². The summed E-state index contributed by atoms with van der Waals surface area (Å²) in [6, 6.07) is 0. The highest BCUT2D eigenvalue weighted by atomic mass is 31.2. The summed E-state index contributed by atoms with van der Waals surface area (Å²) < 4.78 is 30.9. The SMILES string of the molecule is CNCCC(=O)NCCOP(=O)(O)OCC(COC)OC. The van der Waals surface area contributed by atoms with Gasteiger partial charge in [-0.05, 0) is 7.05 Å². The molecule has 2 unspecified atom stereocenters. The third kappa shape index (κ3) is 11.8. The molecule has 0 aromatic carbocycles. The van der Waals surface area contributed by atoms with Gasteiger partial charge in [0.15, 0.2) is 0 Å². The minimum absolute atomic E-state index is 0.124. The van der Waals surface area contributed by atoms with Gasteiger partial charge in [0.2, 0.25) is 5.91 Å². The highest BCUT2D eigenvalue weighted by molar-refractivity contribution is 7.47. The molecule has 0 aliphatic heterocycles. The number of phosphoric ester groups is 1. The van der Waals surface area contributed by atoms with Crippen molar-refractivity contribution in [1.29, 1.82) is 0 Å². The second kappa shape index (κ2) is 12.0. The molecule has 0 spiro atoms. The van der Waals surface area contributed by atoms with Gasteiger partial charge in [-0.3, -0.25) is 13.8 Å². The van der Waals surface area contributed by atoms with Gasteiger partial charge in [-0.15, -0.1) is 0 Å². The minimum atomic E-state index is -4.16. The molecule has 0 aliphatic carbocycles. The van der Waals surface area contributed by atoms with E-state index in [1.165, 1.54) is 14.2 Å². The van der Waals surface area contributed by atoms with E-state index in [4.69, 9.17) is 18.5 Å².